The second-order valence-electron chi connectivity index (χ2n) is 2.75. The van der Waals surface area contributed by atoms with Gasteiger partial charge in [-0.2, -0.15) is 0 Å². The van der Waals surface area contributed by atoms with Crippen molar-refractivity contribution in [3.63, 3.8) is 0 Å². The van der Waals surface area contributed by atoms with Crippen molar-refractivity contribution in [2.45, 2.75) is 11.8 Å². The highest BCUT2D eigenvalue weighted by Gasteiger charge is 2.05. The van der Waals surface area contributed by atoms with Gasteiger partial charge in [-0.3, -0.25) is 4.21 Å². The standard InChI is InChI=1S/C10H12O2S/c1-3-6-13(12)10-7-9(11)5-4-8(10)2/h3-5,7,11H,1,6H2,2H3. The second-order valence-corrected chi connectivity index (χ2v) is 4.21. The molecule has 1 N–H and O–H groups in total. The van der Waals surface area contributed by atoms with Gasteiger partial charge in [-0.1, -0.05) is 12.1 Å². The lowest BCUT2D eigenvalue weighted by Crippen LogP contribution is -1.97. The van der Waals surface area contributed by atoms with Crippen molar-refractivity contribution in [1.29, 1.82) is 0 Å². The third kappa shape index (κ3) is 2.42. The molecule has 0 bridgehead atoms. The first-order valence-electron chi connectivity index (χ1n) is 3.94. The molecule has 0 aliphatic carbocycles. The summed E-state index contributed by atoms with van der Waals surface area (Å²) in [6.45, 7) is 5.39. The van der Waals surface area contributed by atoms with Crippen LogP contribution >= 0.6 is 0 Å². The van der Waals surface area contributed by atoms with Crippen LogP contribution < -0.4 is 0 Å². The Morgan fingerprint density at radius 2 is 2.31 bits per heavy atom. The molecule has 1 rings (SSSR count). The zero-order chi connectivity index (χ0) is 9.84. The number of benzene rings is 1. The summed E-state index contributed by atoms with van der Waals surface area (Å²) in [4.78, 5) is 0.680. The number of aryl methyl sites for hydroxylation is 1. The second kappa shape index (κ2) is 4.23. The lowest BCUT2D eigenvalue weighted by molar-refractivity contribution is 0.473. The maximum absolute atomic E-state index is 11.5. The van der Waals surface area contributed by atoms with E-state index in [1.165, 1.54) is 6.07 Å². The Kier molecular flexibility index (Phi) is 3.25. The van der Waals surface area contributed by atoms with Gasteiger partial charge in [0.25, 0.3) is 0 Å². The van der Waals surface area contributed by atoms with Crippen molar-refractivity contribution in [2.24, 2.45) is 0 Å². The molecule has 0 heterocycles. The fraction of sp³-hybridized carbons (Fsp3) is 0.200. The molecule has 0 aliphatic rings. The highest BCUT2D eigenvalue weighted by molar-refractivity contribution is 7.85. The first kappa shape index (κ1) is 9.99. The Balaban J connectivity index is 3.05. The van der Waals surface area contributed by atoms with Crippen molar-refractivity contribution in [3.8, 4) is 5.75 Å². The van der Waals surface area contributed by atoms with E-state index in [0.29, 0.717) is 10.6 Å². The predicted octanol–water partition coefficient (Wildman–Crippen LogP) is 1.99. The monoisotopic (exact) mass is 196 g/mol. The Morgan fingerprint density at radius 1 is 1.62 bits per heavy atom. The number of rotatable bonds is 3. The lowest BCUT2D eigenvalue weighted by Gasteiger charge is -2.03. The molecule has 0 saturated heterocycles. The summed E-state index contributed by atoms with van der Waals surface area (Å²) < 4.78 is 11.5. The summed E-state index contributed by atoms with van der Waals surface area (Å²) in [5.41, 5.74) is 0.929. The Labute approximate surface area is 80.4 Å². The number of hydrogen-bond acceptors (Lipinski definition) is 2. The van der Waals surface area contributed by atoms with Crippen LogP contribution in [0.3, 0.4) is 0 Å². The Morgan fingerprint density at radius 3 is 2.92 bits per heavy atom. The van der Waals surface area contributed by atoms with Crippen LogP contribution in [-0.4, -0.2) is 15.1 Å². The minimum Gasteiger partial charge on any atom is -0.508 e. The summed E-state index contributed by atoms with van der Waals surface area (Å²) in [5.74, 6) is 0.572. The number of aromatic hydroxyl groups is 1. The molecule has 0 fully saturated rings. The minimum atomic E-state index is -1.08. The molecule has 70 valence electrons. The Hall–Kier alpha value is -1.09. The lowest BCUT2D eigenvalue weighted by atomic mass is 10.2. The molecule has 1 atom stereocenters. The molecule has 1 aromatic carbocycles. The van der Waals surface area contributed by atoms with E-state index in [-0.39, 0.29) is 5.75 Å². The Bertz CT molecular complexity index is 345. The van der Waals surface area contributed by atoms with Crippen LogP contribution in [0, 0.1) is 6.92 Å². The van der Waals surface area contributed by atoms with E-state index < -0.39 is 10.8 Å². The first-order valence-corrected chi connectivity index (χ1v) is 5.26. The van der Waals surface area contributed by atoms with E-state index >= 15 is 0 Å². The normalized spacial score (nSPS) is 12.4. The van der Waals surface area contributed by atoms with Gasteiger partial charge < -0.3 is 5.11 Å². The molecular formula is C10H12O2S. The average molecular weight is 196 g/mol. The van der Waals surface area contributed by atoms with E-state index in [4.69, 9.17) is 0 Å². The van der Waals surface area contributed by atoms with Gasteiger partial charge in [-0.25, -0.2) is 0 Å². The summed E-state index contributed by atoms with van der Waals surface area (Å²) >= 11 is 0. The minimum absolute atomic E-state index is 0.151. The van der Waals surface area contributed by atoms with Crippen molar-refractivity contribution in [3.05, 3.63) is 36.4 Å². The van der Waals surface area contributed by atoms with E-state index in [0.717, 1.165) is 5.56 Å². The predicted molar refractivity (Wildman–Crippen MR) is 54.3 cm³/mol. The van der Waals surface area contributed by atoms with Crippen LogP contribution in [0.4, 0.5) is 0 Å². The summed E-state index contributed by atoms with van der Waals surface area (Å²) in [7, 11) is -1.08. The molecule has 0 aliphatic heterocycles. The van der Waals surface area contributed by atoms with Crippen LogP contribution in [0.1, 0.15) is 5.56 Å². The summed E-state index contributed by atoms with van der Waals surface area (Å²) in [6.07, 6.45) is 1.61. The fourth-order valence-corrected chi connectivity index (χ4v) is 2.10. The van der Waals surface area contributed by atoms with E-state index in [1.54, 1.807) is 18.2 Å². The molecule has 0 aromatic heterocycles. The quantitative estimate of drug-likeness (QED) is 0.751. The average Bonchev–Trinajstić information content (AvgIpc) is 2.09. The van der Waals surface area contributed by atoms with Crippen LogP contribution in [0.2, 0.25) is 0 Å². The highest BCUT2D eigenvalue weighted by atomic mass is 32.2. The van der Waals surface area contributed by atoms with Gasteiger partial charge in [0.15, 0.2) is 0 Å². The van der Waals surface area contributed by atoms with Crippen LogP contribution in [0.15, 0.2) is 35.7 Å². The van der Waals surface area contributed by atoms with Crippen molar-refractivity contribution < 1.29 is 9.32 Å². The molecule has 0 spiro atoms. The van der Waals surface area contributed by atoms with Gasteiger partial charge in [0.05, 0.1) is 10.8 Å². The molecular weight excluding hydrogens is 184 g/mol. The first-order chi connectivity index (χ1) is 6.15. The molecule has 1 unspecified atom stereocenters. The van der Waals surface area contributed by atoms with Gasteiger partial charge in [0.1, 0.15) is 5.75 Å². The molecule has 1 aromatic rings. The maximum atomic E-state index is 11.5. The fourth-order valence-electron chi connectivity index (χ4n) is 1.03. The van der Waals surface area contributed by atoms with Crippen molar-refractivity contribution in [2.75, 3.05) is 5.75 Å². The third-order valence-electron chi connectivity index (χ3n) is 1.69. The topological polar surface area (TPSA) is 37.3 Å². The number of phenols is 1. The maximum Gasteiger partial charge on any atom is 0.116 e. The van der Waals surface area contributed by atoms with Crippen molar-refractivity contribution >= 4 is 10.8 Å². The van der Waals surface area contributed by atoms with Crippen LogP contribution in [-0.2, 0) is 10.8 Å². The SMILES string of the molecule is C=CCS(=O)c1cc(O)ccc1C. The van der Waals surface area contributed by atoms with Gasteiger partial charge in [-0.15, -0.1) is 6.58 Å². The summed E-state index contributed by atoms with van der Waals surface area (Å²) in [5, 5.41) is 9.19. The van der Waals surface area contributed by atoms with E-state index in [1.807, 2.05) is 6.92 Å². The zero-order valence-corrected chi connectivity index (χ0v) is 8.30. The molecule has 13 heavy (non-hydrogen) atoms. The molecule has 3 heteroatoms. The highest BCUT2D eigenvalue weighted by Crippen LogP contribution is 2.19. The van der Waals surface area contributed by atoms with Gasteiger partial charge >= 0.3 is 0 Å². The zero-order valence-electron chi connectivity index (χ0n) is 7.49. The number of phenolic OH excluding ortho intramolecular Hbond substituents is 1. The van der Waals surface area contributed by atoms with Crippen LogP contribution in [0.25, 0.3) is 0 Å². The van der Waals surface area contributed by atoms with Gasteiger partial charge in [-0.05, 0) is 24.6 Å². The smallest absolute Gasteiger partial charge is 0.116 e. The third-order valence-corrected chi connectivity index (χ3v) is 3.16. The molecule has 2 nitrogen and oxygen atoms in total. The molecule has 0 amide bonds. The van der Waals surface area contributed by atoms with E-state index in [2.05, 4.69) is 6.58 Å². The van der Waals surface area contributed by atoms with Crippen LogP contribution in [0.5, 0.6) is 5.75 Å². The van der Waals surface area contributed by atoms with Gasteiger partial charge in [0, 0.05) is 10.6 Å². The summed E-state index contributed by atoms with van der Waals surface area (Å²) in [6, 6.07) is 4.88. The van der Waals surface area contributed by atoms with Crippen molar-refractivity contribution in [1.82, 2.24) is 0 Å². The molecule has 0 radical (unpaired) electrons. The van der Waals surface area contributed by atoms with E-state index in [9.17, 15) is 9.32 Å². The number of hydrogen-bond donors (Lipinski definition) is 1. The van der Waals surface area contributed by atoms with Gasteiger partial charge in [0.2, 0.25) is 0 Å². The largest absolute Gasteiger partial charge is 0.508 e. The molecule has 0 saturated carbocycles.